The van der Waals surface area contributed by atoms with E-state index in [2.05, 4.69) is 15.3 Å². The quantitative estimate of drug-likeness (QED) is 0.804. The molecule has 0 aromatic carbocycles. The van der Waals surface area contributed by atoms with E-state index in [4.69, 9.17) is 9.47 Å². The predicted octanol–water partition coefficient (Wildman–Crippen LogP) is 1.77. The zero-order valence-corrected chi connectivity index (χ0v) is 12.9. The molecule has 114 valence electrons. The molecule has 0 aliphatic rings. The fraction of sp³-hybridized carbons (Fsp3) is 0.462. The van der Waals surface area contributed by atoms with Gasteiger partial charge in [-0.15, -0.1) is 11.3 Å². The van der Waals surface area contributed by atoms with E-state index in [-0.39, 0.29) is 11.0 Å². The highest BCUT2D eigenvalue weighted by molar-refractivity contribution is 7.20. The summed E-state index contributed by atoms with van der Waals surface area (Å²) in [6.45, 7) is 2.73. The number of hydrogen-bond donors (Lipinski definition) is 2. The van der Waals surface area contributed by atoms with Gasteiger partial charge in [0.2, 0.25) is 0 Å². The topological polar surface area (TPSA) is 93.6 Å². The van der Waals surface area contributed by atoms with Crippen molar-refractivity contribution in [2.75, 3.05) is 32.7 Å². The lowest BCUT2D eigenvalue weighted by molar-refractivity contribution is 0.0365. The maximum Gasteiger partial charge on any atom is 0.346 e. The first-order valence-electron chi connectivity index (χ1n) is 6.31. The first-order chi connectivity index (χ1) is 10.1. The number of carbonyl (C=O) groups is 1. The number of fused-ring (bicyclic) bond motifs is 1. The SMILES string of the molecule is COCC(CNc1ncnc2sc(C(=O)O)c(C)c12)OC. The highest BCUT2D eigenvalue weighted by atomic mass is 32.1. The van der Waals surface area contributed by atoms with E-state index in [9.17, 15) is 9.90 Å². The predicted molar refractivity (Wildman–Crippen MR) is 80.3 cm³/mol. The largest absolute Gasteiger partial charge is 0.477 e. The summed E-state index contributed by atoms with van der Waals surface area (Å²) >= 11 is 1.15. The van der Waals surface area contributed by atoms with Crippen molar-refractivity contribution in [3.63, 3.8) is 0 Å². The lowest BCUT2D eigenvalue weighted by atomic mass is 10.2. The van der Waals surface area contributed by atoms with Crippen molar-refractivity contribution in [1.29, 1.82) is 0 Å². The second kappa shape index (κ2) is 6.79. The van der Waals surface area contributed by atoms with Gasteiger partial charge in [-0.1, -0.05) is 0 Å². The highest BCUT2D eigenvalue weighted by Crippen LogP contribution is 2.33. The average Bonchev–Trinajstić information content (AvgIpc) is 2.81. The maximum absolute atomic E-state index is 11.2. The zero-order valence-electron chi connectivity index (χ0n) is 12.0. The van der Waals surface area contributed by atoms with Crippen LogP contribution >= 0.6 is 11.3 Å². The molecule has 2 rings (SSSR count). The van der Waals surface area contributed by atoms with Crippen molar-refractivity contribution in [1.82, 2.24) is 9.97 Å². The Labute approximate surface area is 125 Å². The van der Waals surface area contributed by atoms with Gasteiger partial charge >= 0.3 is 5.97 Å². The number of anilines is 1. The van der Waals surface area contributed by atoms with Crippen molar-refractivity contribution in [2.45, 2.75) is 13.0 Å². The summed E-state index contributed by atoms with van der Waals surface area (Å²) in [6, 6.07) is 0. The summed E-state index contributed by atoms with van der Waals surface area (Å²) < 4.78 is 10.3. The number of aryl methyl sites for hydroxylation is 1. The van der Waals surface area contributed by atoms with Gasteiger partial charge in [-0.05, 0) is 12.5 Å². The molecule has 7 nitrogen and oxygen atoms in total. The van der Waals surface area contributed by atoms with E-state index in [1.807, 2.05) is 0 Å². The second-order valence-electron chi connectivity index (χ2n) is 4.46. The van der Waals surface area contributed by atoms with Crippen LogP contribution < -0.4 is 5.32 Å². The molecule has 2 heterocycles. The number of rotatable bonds is 7. The third kappa shape index (κ3) is 3.29. The number of nitrogens with zero attached hydrogens (tertiary/aromatic N) is 2. The van der Waals surface area contributed by atoms with Crippen LogP contribution in [0.3, 0.4) is 0 Å². The molecule has 8 heteroatoms. The first-order valence-corrected chi connectivity index (χ1v) is 7.13. The Morgan fingerprint density at radius 3 is 2.86 bits per heavy atom. The Hall–Kier alpha value is -1.77. The van der Waals surface area contributed by atoms with Crippen molar-refractivity contribution in [2.24, 2.45) is 0 Å². The lowest BCUT2D eigenvalue weighted by Crippen LogP contribution is -2.27. The fourth-order valence-electron chi connectivity index (χ4n) is 2.02. The van der Waals surface area contributed by atoms with Crippen molar-refractivity contribution >= 4 is 33.3 Å². The minimum absolute atomic E-state index is 0.113. The maximum atomic E-state index is 11.2. The molecular weight excluding hydrogens is 294 g/mol. The number of carboxylic acids is 1. The standard InChI is InChI=1S/C13H17N3O4S/c1-7-9-11(14-4-8(20-3)5-19-2)15-6-16-12(9)21-10(7)13(17)18/h6,8H,4-5H2,1-3H3,(H,17,18)(H,14,15,16). The van der Waals surface area contributed by atoms with Gasteiger partial charge in [0.1, 0.15) is 21.9 Å². The van der Waals surface area contributed by atoms with Crippen LogP contribution in [-0.2, 0) is 9.47 Å². The number of nitrogens with one attached hydrogen (secondary N) is 1. The Morgan fingerprint density at radius 2 is 2.24 bits per heavy atom. The molecule has 0 saturated heterocycles. The van der Waals surface area contributed by atoms with Gasteiger partial charge in [0.15, 0.2) is 0 Å². The van der Waals surface area contributed by atoms with E-state index in [1.54, 1.807) is 21.1 Å². The Bertz CT molecular complexity index is 644. The first kappa shape index (κ1) is 15.6. The van der Waals surface area contributed by atoms with Crippen LogP contribution in [0.5, 0.6) is 0 Å². The molecule has 1 unspecified atom stereocenters. The molecule has 0 amide bonds. The number of thiophene rings is 1. The van der Waals surface area contributed by atoms with E-state index in [0.717, 1.165) is 16.7 Å². The van der Waals surface area contributed by atoms with Gasteiger partial charge in [-0.25, -0.2) is 14.8 Å². The third-order valence-corrected chi connectivity index (χ3v) is 4.29. The summed E-state index contributed by atoms with van der Waals surface area (Å²) in [4.78, 5) is 20.5. The van der Waals surface area contributed by atoms with Crippen LogP contribution in [0.15, 0.2) is 6.33 Å². The smallest absolute Gasteiger partial charge is 0.346 e. The molecule has 0 fully saturated rings. The highest BCUT2D eigenvalue weighted by Gasteiger charge is 2.19. The molecule has 21 heavy (non-hydrogen) atoms. The van der Waals surface area contributed by atoms with Crippen molar-refractivity contribution in [3.8, 4) is 0 Å². The van der Waals surface area contributed by atoms with Crippen LogP contribution in [0.2, 0.25) is 0 Å². The Balaban J connectivity index is 2.29. The zero-order chi connectivity index (χ0) is 15.4. The van der Waals surface area contributed by atoms with Crippen LogP contribution in [-0.4, -0.2) is 54.5 Å². The minimum Gasteiger partial charge on any atom is -0.477 e. The van der Waals surface area contributed by atoms with E-state index in [1.165, 1.54) is 6.33 Å². The third-order valence-electron chi connectivity index (χ3n) is 3.10. The van der Waals surface area contributed by atoms with Gasteiger partial charge in [0.05, 0.1) is 18.1 Å². The number of aromatic carboxylic acids is 1. The summed E-state index contributed by atoms with van der Waals surface area (Å²) in [7, 11) is 3.22. The van der Waals surface area contributed by atoms with Crippen molar-refractivity contribution in [3.05, 3.63) is 16.8 Å². The number of aromatic nitrogens is 2. The van der Waals surface area contributed by atoms with Crippen LogP contribution in [0, 0.1) is 6.92 Å². The van der Waals surface area contributed by atoms with Crippen LogP contribution in [0.25, 0.3) is 10.2 Å². The van der Waals surface area contributed by atoms with Crippen LogP contribution in [0.1, 0.15) is 15.2 Å². The molecule has 2 N–H and O–H groups in total. The molecule has 0 spiro atoms. The molecule has 0 bridgehead atoms. The summed E-state index contributed by atoms with van der Waals surface area (Å²) in [5.41, 5.74) is 0.673. The molecule has 2 aromatic rings. The van der Waals surface area contributed by atoms with Gasteiger partial charge in [-0.3, -0.25) is 0 Å². The van der Waals surface area contributed by atoms with Gasteiger partial charge < -0.3 is 19.9 Å². The van der Waals surface area contributed by atoms with Gasteiger partial charge in [0, 0.05) is 20.8 Å². The molecule has 0 aliphatic carbocycles. The molecular formula is C13H17N3O4S. The molecule has 0 aliphatic heterocycles. The summed E-state index contributed by atoms with van der Waals surface area (Å²) in [5.74, 6) is -0.338. The van der Waals surface area contributed by atoms with E-state index < -0.39 is 5.97 Å². The number of carboxylic acid groups (broad SMARTS) is 1. The number of ether oxygens (including phenoxy) is 2. The normalized spacial score (nSPS) is 12.5. The summed E-state index contributed by atoms with van der Waals surface area (Å²) in [6.07, 6.45) is 1.31. The Morgan fingerprint density at radius 1 is 1.48 bits per heavy atom. The average molecular weight is 311 g/mol. The monoisotopic (exact) mass is 311 g/mol. The molecule has 0 radical (unpaired) electrons. The number of hydrogen-bond acceptors (Lipinski definition) is 7. The lowest BCUT2D eigenvalue weighted by Gasteiger charge is -2.15. The van der Waals surface area contributed by atoms with Gasteiger partial charge in [0.25, 0.3) is 0 Å². The minimum atomic E-state index is -0.949. The fourth-order valence-corrected chi connectivity index (χ4v) is 3.00. The molecule has 0 saturated carbocycles. The Kier molecular flexibility index (Phi) is 5.05. The van der Waals surface area contributed by atoms with E-state index in [0.29, 0.717) is 29.4 Å². The second-order valence-corrected chi connectivity index (χ2v) is 5.46. The summed E-state index contributed by atoms with van der Waals surface area (Å²) in [5, 5.41) is 13.1. The molecule has 1 atom stereocenters. The number of methoxy groups -OCH3 is 2. The van der Waals surface area contributed by atoms with Crippen LogP contribution in [0.4, 0.5) is 5.82 Å². The molecule has 2 aromatic heterocycles. The van der Waals surface area contributed by atoms with Gasteiger partial charge in [-0.2, -0.15) is 0 Å². The van der Waals surface area contributed by atoms with E-state index >= 15 is 0 Å². The van der Waals surface area contributed by atoms with Crippen molar-refractivity contribution < 1.29 is 19.4 Å².